The van der Waals surface area contributed by atoms with Crippen molar-refractivity contribution >= 4 is 17.5 Å². The average Bonchev–Trinajstić information content (AvgIpc) is 2.85. The third-order valence-electron chi connectivity index (χ3n) is 4.27. The zero-order chi connectivity index (χ0) is 13.9. The zero-order valence-electron chi connectivity index (χ0n) is 11.6. The van der Waals surface area contributed by atoms with Crippen molar-refractivity contribution in [1.82, 2.24) is 10.3 Å². The van der Waals surface area contributed by atoms with Gasteiger partial charge in [-0.2, -0.15) is 0 Å². The number of nitrogens with one attached hydrogen (secondary N) is 1. The quantitative estimate of drug-likeness (QED) is 0.913. The molecule has 0 bridgehead atoms. The lowest BCUT2D eigenvalue weighted by atomic mass is 9.83. The Balaban J connectivity index is 2.01. The summed E-state index contributed by atoms with van der Waals surface area (Å²) in [7, 11) is 0. The largest absolute Gasteiger partial charge is 0.351 e. The molecule has 1 aliphatic rings. The van der Waals surface area contributed by atoms with Gasteiger partial charge in [0.2, 0.25) is 0 Å². The van der Waals surface area contributed by atoms with E-state index in [2.05, 4.69) is 17.2 Å². The van der Waals surface area contributed by atoms with Crippen molar-refractivity contribution in [3.8, 4) is 0 Å². The molecule has 104 valence electrons. The molecule has 1 amide bonds. The fourth-order valence-corrected chi connectivity index (χ4v) is 3.13. The summed E-state index contributed by atoms with van der Waals surface area (Å²) < 4.78 is 0. The summed E-state index contributed by atoms with van der Waals surface area (Å²) in [4.78, 5) is 16.3. The molecule has 0 unspecified atom stereocenters. The fraction of sp³-hybridized carbons (Fsp3) is 0.600. The highest BCUT2D eigenvalue weighted by atomic mass is 35.5. The van der Waals surface area contributed by atoms with Crippen LogP contribution in [0.4, 0.5) is 0 Å². The lowest BCUT2D eigenvalue weighted by Gasteiger charge is -2.27. The van der Waals surface area contributed by atoms with E-state index >= 15 is 0 Å². The van der Waals surface area contributed by atoms with Crippen LogP contribution in [0.15, 0.2) is 12.3 Å². The van der Waals surface area contributed by atoms with Gasteiger partial charge in [0.1, 0.15) is 0 Å². The van der Waals surface area contributed by atoms with Crippen LogP contribution in [0.2, 0.25) is 5.02 Å². The highest BCUT2D eigenvalue weighted by Crippen LogP contribution is 2.40. The van der Waals surface area contributed by atoms with Crippen molar-refractivity contribution in [3.63, 3.8) is 0 Å². The number of aromatic nitrogens is 1. The third kappa shape index (κ3) is 3.27. The molecule has 4 heteroatoms. The summed E-state index contributed by atoms with van der Waals surface area (Å²) in [6.07, 6.45) is 7.65. The molecule has 1 heterocycles. The third-order valence-corrected chi connectivity index (χ3v) is 4.59. The van der Waals surface area contributed by atoms with Crippen LogP contribution in [-0.2, 0) is 0 Å². The van der Waals surface area contributed by atoms with Gasteiger partial charge in [-0.3, -0.25) is 9.78 Å². The molecule has 1 aromatic heterocycles. The number of carbonyl (C=O) groups is 1. The second-order valence-corrected chi connectivity index (χ2v) is 5.96. The molecule has 19 heavy (non-hydrogen) atoms. The summed E-state index contributed by atoms with van der Waals surface area (Å²) in [6.45, 7) is 4.81. The molecular weight excluding hydrogens is 260 g/mol. The Labute approximate surface area is 119 Å². The van der Waals surface area contributed by atoms with E-state index in [-0.39, 0.29) is 5.91 Å². The van der Waals surface area contributed by atoms with Gasteiger partial charge in [0.05, 0.1) is 10.6 Å². The van der Waals surface area contributed by atoms with Crippen LogP contribution in [0.1, 0.15) is 55.1 Å². The van der Waals surface area contributed by atoms with Crippen LogP contribution < -0.4 is 5.32 Å². The summed E-state index contributed by atoms with van der Waals surface area (Å²) in [5, 5.41) is 3.50. The number of halogens is 1. The van der Waals surface area contributed by atoms with E-state index in [1.54, 1.807) is 12.3 Å². The van der Waals surface area contributed by atoms with Crippen LogP contribution >= 0.6 is 11.6 Å². The molecule has 1 aliphatic carbocycles. The van der Waals surface area contributed by atoms with Gasteiger partial charge >= 0.3 is 0 Å². The van der Waals surface area contributed by atoms with Gasteiger partial charge in [0.15, 0.2) is 0 Å². The molecule has 1 fully saturated rings. The Kier molecular flexibility index (Phi) is 4.46. The number of hydrogen-bond acceptors (Lipinski definition) is 2. The average molecular weight is 281 g/mol. The minimum Gasteiger partial charge on any atom is -0.351 e. The molecule has 1 saturated carbocycles. The Bertz CT molecular complexity index is 467. The molecule has 0 spiro atoms. The van der Waals surface area contributed by atoms with Gasteiger partial charge < -0.3 is 5.32 Å². The highest BCUT2D eigenvalue weighted by molar-refractivity contribution is 6.33. The van der Waals surface area contributed by atoms with Crippen LogP contribution in [0, 0.1) is 12.3 Å². The molecule has 1 aromatic rings. The molecule has 1 N–H and O–H groups in total. The van der Waals surface area contributed by atoms with Crippen LogP contribution in [0.5, 0.6) is 0 Å². The van der Waals surface area contributed by atoms with Gasteiger partial charge in [-0.1, -0.05) is 31.4 Å². The van der Waals surface area contributed by atoms with Crippen molar-refractivity contribution in [1.29, 1.82) is 0 Å². The van der Waals surface area contributed by atoms with Gasteiger partial charge in [0, 0.05) is 18.4 Å². The van der Waals surface area contributed by atoms with Crippen molar-refractivity contribution < 1.29 is 4.79 Å². The van der Waals surface area contributed by atoms with Gasteiger partial charge in [-0.05, 0) is 37.7 Å². The van der Waals surface area contributed by atoms with Gasteiger partial charge in [-0.15, -0.1) is 0 Å². The molecule has 0 aliphatic heterocycles. The van der Waals surface area contributed by atoms with Crippen molar-refractivity contribution in [2.45, 2.75) is 46.0 Å². The minimum atomic E-state index is -0.114. The van der Waals surface area contributed by atoms with Crippen LogP contribution in [0.3, 0.4) is 0 Å². The summed E-state index contributed by atoms with van der Waals surface area (Å²) in [6, 6.07) is 1.72. The fourth-order valence-electron chi connectivity index (χ4n) is 2.84. The predicted octanol–water partition coefficient (Wildman–Crippen LogP) is 3.74. The topological polar surface area (TPSA) is 42.0 Å². The van der Waals surface area contributed by atoms with E-state index in [0.717, 1.165) is 18.7 Å². The molecule has 0 radical (unpaired) electrons. The van der Waals surface area contributed by atoms with Crippen molar-refractivity contribution in [2.24, 2.45) is 5.41 Å². The summed E-state index contributed by atoms with van der Waals surface area (Å²) in [5.41, 5.74) is 1.58. The Hall–Kier alpha value is -1.09. The number of pyridine rings is 1. The maximum absolute atomic E-state index is 12.2. The first kappa shape index (κ1) is 14.3. The molecule has 0 aromatic carbocycles. The first-order chi connectivity index (χ1) is 9.06. The minimum absolute atomic E-state index is 0.114. The van der Waals surface area contributed by atoms with Crippen LogP contribution in [0.25, 0.3) is 0 Å². The number of carbonyl (C=O) groups excluding carboxylic acids is 1. The Morgan fingerprint density at radius 3 is 2.74 bits per heavy atom. The van der Waals surface area contributed by atoms with E-state index in [4.69, 9.17) is 11.6 Å². The Morgan fingerprint density at radius 1 is 1.47 bits per heavy atom. The molecular formula is C15H21ClN2O. The predicted molar refractivity (Wildman–Crippen MR) is 77.5 cm³/mol. The number of aryl methyl sites for hydroxylation is 1. The van der Waals surface area contributed by atoms with Crippen molar-refractivity contribution in [2.75, 3.05) is 6.54 Å². The van der Waals surface area contributed by atoms with Crippen LogP contribution in [-0.4, -0.2) is 17.4 Å². The van der Waals surface area contributed by atoms with E-state index in [1.807, 2.05) is 6.92 Å². The summed E-state index contributed by atoms with van der Waals surface area (Å²) >= 11 is 6.09. The van der Waals surface area contributed by atoms with E-state index in [1.165, 1.54) is 25.7 Å². The highest BCUT2D eigenvalue weighted by Gasteiger charge is 2.32. The standard InChI is InChI=1S/C15H21ClN2O/c1-3-15(6-4-5-7-15)10-18-14(19)12-9-17-11(2)8-13(12)16/h8-9H,3-7,10H2,1-2H3,(H,18,19). The molecule has 2 rings (SSSR count). The maximum atomic E-state index is 12.2. The number of hydrogen-bond donors (Lipinski definition) is 1. The molecule has 0 saturated heterocycles. The van der Waals surface area contributed by atoms with E-state index in [0.29, 0.717) is 16.0 Å². The van der Waals surface area contributed by atoms with E-state index < -0.39 is 0 Å². The monoisotopic (exact) mass is 280 g/mol. The molecule has 3 nitrogen and oxygen atoms in total. The van der Waals surface area contributed by atoms with E-state index in [9.17, 15) is 4.79 Å². The second kappa shape index (κ2) is 5.91. The SMILES string of the molecule is CCC1(CNC(=O)c2cnc(C)cc2Cl)CCCC1. The lowest BCUT2D eigenvalue weighted by molar-refractivity contribution is 0.0928. The first-order valence-electron chi connectivity index (χ1n) is 6.97. The maximum Gasteiger partial charge on any atom is 0.254 e. The van der Waals surface area contributed by atoms with Crippen molar-refractivity contribution in [3.05, 3.63) is 28.5 Å². The first-order valence-corrected chi connectivity index (χ1v) is 7.34. The summed E-state index contributed by atoms with van der Waals surface area (Å²) in [5.74, 6) is -0.114. The lowest BCUT2D eigenvalue weighted by Crippen LogP contribution is -2.35. The Morgan fingerprint density at radius 2 is 2.16 bits per heavy atom. The second-order valence-electron chi connectivity index (χ2n) is 5.55. The zero-order valence-corrected chi connectivity index (χ0v) is 12.4. The smallest absolute Gasteiger partial charge is 0.254 e. The molecule has 0 atom stereocenters. The normalized spacial score (nSPS) is 17.4. The van der Waals surface area contributed by atoms with Gasteiger partial charge in [0.25, 0.3) is 5.91 Å². The van der Waals surface area contributed by atoms with Gasteiger partial charge in [-0.25, -0.2) is 0 Å². The number of nitrogens with zero attached hydrogens (tertiary/aromatic N) is 1. The number of amides is 1. The number of rotatable bonds is 4.